The number of aliphatic hydroxyl groups excluding tert-OH is 1. The molecule has 88 valence electrons. The van der Waals surface area contributed by atoms with Gasteiger partial charge in [0.2, 0.25) is 0 Å². The van der Waals surface area contributed by atoms with Crippen LogP contribution in [0, 0.1) is 5.82 Å². The fourth-order valence-electron chi connectivity index (χ4n) is 1.10. The average molecular weight is 267 g/mol. The van der Waals surface area contributed by atoms with Crippen molar-refractivity contribution in [1.29, 1.82) is 0 Å². The van der Waals surface area contributed by atoms with Crippen molar-refractivity contribution in [1.82, 2.24) is 0 Å². The molecule has 0 heterocycles. The van der Waals surface area contributed by atoms with Gasteiger partial charge in [0.05, 0.1) is 11.6 Å². The highest BCUT2D eigenvalue weighted by atomic mass is 35.5. The van der Waals surface area contributed by atoms with Gasteiger partial charge in [0.1, 0.15) is 5.82 Å². The van der Waals surface area contributed by atoms with Gasteiger partial charge in [-0.05, 0) is 19.1 Å². The van der Waals surface area contributed by atoms with Gasteiger partial charge in [-0.1, -0.05) is 23.2 Å². The Morgan fingerprint density at radius 3 is 2.69 bits per heavy atom. The van der Waals surface area contributed by atoms with E-state index >= 15 is 0 Å². The molecule has 16 heavy (non-hydrogen) atoms. The highest BCUT2D eigenvalue weighted by molar-refractivity contribution is 6.33. The monoisotopic (exact) mass is 266 g/mol. The van der Waals surface area contributed by atoms with Gasteiger partial charge < -0.3 is 9.84 Å². The Balaban J connectivity index is 3.04. The SMILES string of the molecule is CCOC(=O)C(O)c1cc(Cl)c(F)cc1Cl. The van der Waals surface area contributed by atoms with Gasteiger partial charge in [0.15, 0.2) is 6.10 Å². The van der Waals surface area contributed by atoms with Crippen LogP contribution in [0.1, 0.15) is 18.6 Å². The van der Waals surface area contributed by atoms with Crippen LogP contribution in [0.5, 0.6) is 0 Å². The number of ether oxygens (including phenoxy) is 1. The van der Waals surface area contributed by atoms with Crippen molar-refractivity contribution in [2.75, 3.05) is 6.61 Å². The second-order valence-corrected chi connectivity index (χ2v) is 3.76. The van der Waals surface area contributed by atoms with Crippen LogP contribution in [0.4, 0.5) is 4.39 Å². The van der Waals surface area contributed by atoms with Crippen molar-refractivity contribution in [3.05, 3.63) is 33.6 Å². The van der Waals surface area contributed by atoms with E-state index in [1.165, 1.54) is 0 Å². The summed E-state index contributed by atoms with van der Waals surface area (Å²) in [4.78, 5) is 11.2. The summed E-state index contributed by atoms with van der Waals surface area (Å²) in [5, 5.41) is 9.28. The normalized spacial score (nSPS) is 12.3. The van der Waals surface area contributed by atoms with Crippen molar-refractivity contribution in [2.45, 2.75) is 13.0 Å². The predicted molar refractivity (Wildman–Crippen MR) is 58.0 cm³/mol. The Kier molecular flexibility index (Phi) is 4.53. The molecule has 1 rings (SSSR count). The minimum Gasteiger partial charge on any atom is -0.464 e. The van der Waals surface area contributed by atoms with Crippen LogP contribution in [-0.2, 0) is 9.53 Å². The minimum absolute atomic E-state index is 0.0199. The quantitative estimate of drug-likeness (QED) is 0.676. The lowest BCUT2D eigenvalue weighted by Crippen LogP contribution is -2.15. The Morgan fingerprint density at radius 1 is 1.50 bits per heavy atom. The molecule has 0 aliphatic rings. The van der Waals surface area contributed by atoms with Crippen LogP contribution in [0.3, 0.4) is 0 Å². The first kappa shape index (κ1) is 13.2. The largest absolute Gasteiger partial charge is 0.464 e. The molecule has 1 unspecified atom stereocenters. The van der Waals surface area contributed by atoms with Crippen LogP contribution in [0.2, 0.25) is 10.0 Å². The maximum absolute atomic E-state index is 13.0. The molecule has 0 saturated carbocycles. The van der Waals surface area contributed by atoms with E-state index in [0.29, 0.717) is 0 Å². The number of hydrogen-bond acceptors (Lipinski definition) is 3. The highest BCUT2D eigenvalue weighted by Crippen LogP contribution is 2.29. The summed E-state index contributed by atoms with van der Waals surface area (Å²) in [5.74, 6) is -1.57. The number of esters is 1. The zero-order valence-electron chi connectivity index (χ0n) is 8.34. The average Bonchev–Trinajstić information content (AvgIpc) is 2.23. The summed E-state index contributed by atoms with van der Waals surface area (Å²) >= 11 is 11.2. The van der Waals surface area contributed by atoms with Crippen molar-refractivity contribution in [2.24, 2.45) is 0 Å². The van der Waals surface area contributed by atoms with E-state index in [4.69, 9.17) is 23.2 Å². The van der Waals surface area contributed by atoms with Gasteiger partial charge in [-0.25, -0.2) is 9.18 Å². The van der Waals surface area contributed by atoms with Gasteiger partial charge in [-0.2, -0.15) is 0 Å². The number of carbonyl (C=O) groups excluding carboxylic acids is 1. The topological polar surface area (TPSA) is 46.5 Å². The molecule has 1 aromatic carbocycles. The Hall–Kier alpha value is -0.840. The van der Waals surface area contributed by atoms with Crippen LogP contribution < -0.4 is 0 Å². The van der Waals surface area contributed by atoms with Gasteiger partial charge in [-0.15, -0.1) is 0 Å². The van der Waals surface area contributed by atoms with Crippen LogP contribution in [0.15, 0.2) is 12.1 Å². The van der Waals surface area contributed by atoms with E-state index < -0.39 is 17.9 Å². The molecule has 0 spiro atoms. The molecule has 1 aromatic rings. The van der Waals surface area contributed by atoms with E-state index in [-0.39, 0.29) is 22.2 Å². The van der Waals surface area contributed by atoms with Gasteiger partial charge in [0, 0.05) is 10.6 Å². The molecule has 0 amide bonds. The lowest BCUT2D eigenvalue weighted by Gasteiger charge is -2.12. The third-order valence-electron chi connectivity index (χ3n) is 1.84. The van der Waals surface area contributed by atoms with E-state index in [2.05, 4.69) is 4.74 Å². The fraction of sp³-hybridized carbons (Fsp3) is 0.300. The molecular weight excluding hydrogens is 258 g/mol. The van der Waals surface area contributed by atoms with Crippen LogP contribution >= 0.6 is 23.2 Å². The third kappa shape index (κ3) is 2.84. The third-order valence-corrected chi connectivity index (χ3v) is 2.46. The number of halogens is 3. The number of carbonyl (C=O) groups is 1. The fourth-order valence-corrected chi connectivity index (χ4v) is 1.52. The molecule has 0 radical (unpaired) electrons. The Morgan fingerprint density at radius 2 is 2.12 bits per heavy atom. The molecule has 0 fully saturated rings. The number of rotatable bonds is 3. The van der Waals surface area contributed by atoms with Gasteiger partial charge >= 0.3 is 5.97 Å². The summed E-state index contributed by atoms with van der Waals surface area (Å²) in [5.41, 5.74) is 0.0199. The first-order valence-electron chi connectivity index (χ1n) is 4.46. The zero-order valence-corrected chi connectivity index (χ0v) is 9.85. The number of hydrogen-bond donors (Lipinski definition) is 1. The summed E-state index contributed by atoms with van der Waals surface area (Å²) < 4.78 is 17.6. The lowest BCUT2D eigenvalue weighted by atomic mass is 10.1. The van der Waals surface area contributed by atoms with E-state index in [1.807, 2.05) is 0 Å². The van der Waals surface area contributed by atoms with Crippen molar-refractivity contribution in [3.63, 3.8) is 0 Å². The zero-order chi connectivity index (χ0) is 12.3. The second kappa shape index (κ2) is 5.48. The molecule has 1 N–H and O–H groups in total. The molecule has 0 saturated heterocycles. The van der Waals surface area contributed by atoms with E-state index in [1.54, 1.807) is 6.92 Å². The molecule has 3 nitrogen and oxygen atoms in total. The van der Waals surface area contributed by atoms with Crippen molar-refractivity contribution >= 4 is 29.2 Å². The summed E-state index contributed by atoms with van der Waals surface area (Å²) in [6, 6.07) is 2.03. The Bertz CT molecular complexity index is 409. The lowest BCUT2D eigenvalue weighted by molar-refractivity contribution is -0.153. The predicted octanol–water partition coefficient (Wildman–Crippen LogP) is 2.73. The smallest absolute Gasteiger partial charge is 0.339 e. The number of aliphatic hydroxyl groups is 1. The maximum Gasteiger partial charge on any atom is 0.339 e. The molecule has 0 aliphatic carbocycles. The van der Waals surface area contributed by atoms with Crippen molar-refractivity contribution < 1.29 is 19.0 Å². The molecule has 6 heteroatoms. The summed E-state index contributed by atoms with van der Waals surface area (Å²) in [6.45, 7) is 1.73. The molecule has 0 bridgehead atoms. The van der Waals surface area contributed by atoms with Gasteiger partial charge in [0.25, 0.3) is 0 Å². The minimum atomic E-state index is -1.56. The first-order valence-corrected chi connectivity index (χ1v) is 5.22. The van der Waals surface area contributed by atoms with E-state index in [0.717, 1.165) is 12.1 Å². The summed E-state index contributed by atoms with van der Waals surface area (Å²) in [6.07, 6.45) is -1.56. The van der Waals surface area contributed by atoms with Gasteiger partial charge in [-0.3, -0.25) is 0 Å². The number of benzene rings is 1. The van der Waals surface area contributed by atoms with E-state index in [9.17, 15) is 14.3 Å². The summed E-state index contributed by atoms with van der Waals surface area (Å²) in [7, 11) is 0. The van der Waals surface area contributed by atoms with Crippen molar-refractivity contribution in [3.8, 4) is 0 Å². The molecular formula is C10H9Cl2FO3. The van der Waals surface area contributed by atoms with Crippen LogP contribution in [-0.4, -0.2) is 17.7 Å². The highest BCUT2D eigenvalue weighted by Gasteiger charge is 2.22. The Labute approximate surface area is 102 Å². The van der Waals surface area contributed by atoms with Crippen LogP contribution in [0.25, 0.3) is 0 Å². The first-order chi connectivity index (χ1) is 7.47. The molecule has 0 aliphatic heterocycles. The standard InChI is InChI=1S/C10H9Cl2FO3/c1-2-16-10(15)9(14)5-3-7(12)8(13)4-6(5)11/h3-4,9,14H,2H2,1H3. The molecule has 0 aromatic heterocycles. The second-order valence-electron chi connectivity index (χ2n) is 2.94. The maximum atomic E-state index is 13.0. The molecule has 1 atom stereocenters.